The van der Waals surface area contributed by atoms with E-state index in [1.54, 1.807) is 11.0 Å². The minimum atomic E-state index is -0.604. The average Bonchev–Trinajstić information content (AvgIpc) is 2.83. The van der Waals surface area contributed by atoms with Crippen LogP contribution in [0.4, 0.5) is 4.79 Å². The molecule has 2 aromatic rings. The Morgan fingerprint density at radius 1 is 1.09 bits per heavy atom. The number of amides is 1. The summed E-state index contributed by atoms with van der Waals surface area (Å²) < 4.78 is 23.0. The summed E-state index contributed by atoms with van der Waals surface area (Å²) >= 11 is 0. The molecule has 2 aliphatic rings. The molecule has 0 unspecified atom stereocenters. The number of hydrogen-bond donors (Lipinski definition) is 0. The molecule has 2 atom stereocenters. The van der Waals surface area contributed by atoms with Crippen molar-refractivity contribution in [1.29, 1.82) is 0 Å². The third-order valence-electron chi connectivity index (χ3n) is 6.35. The minimum absolute atomic E-state index is 0.00299. The molecular formula is C28H35NO6. The second-order valence-corrected chi connectivity index (χ2v) is 10.0. The fraction of sp³-hybridized carbons (Fsp3) is 0.500. The molecular weight excluding hydrogens is 446 g/mol. The van der Waals surface area contributed by atoms with Gasteiger partial charge < -0.3 is 23.8 Å². The van der Waals surface area contributed by atoms with Gasteiger partial charge in [0.1, 0.15) is 11.4 Å². The van der Waals surface area contributed by atoms with Crippen molar-refractivity contribution in [2.24, 2.45) is 0 Å². The number of hydrogen-bond acceptors (Lipinski definition) is 6. The van der Waals surface area contributed by atoms with Crippen LogP contribution in [0.5, 0.6) is 5.75 Å². The summed E-state index contributed by atoms with van der Waals surface area (Å²) in [5.74, 6) is 0.327. The zero-order valence-corrected chi connectivity index (χ0v) is 21.0. The van der Waals surface area contributed by atoms with Crippen LogP contribution in [0.15, 0.2) is 42.5 Å². The summed E-state index contributed by atoms with van der Waals surface area (Å²) in [4.78, 5) is 27.6. The number of likely N-dealkylation sites (tertiary alicyclic amines) is 1. The van der Waals surface area contributed by atoms with Crippen molar-refractivity contribution in [3.8, 4) is 5.75 Å². The molecule has 1 amide bonds. The van der Waals surface area contributed by atoms with Crippen molar-refractivity contribution in [2.75, 3.05) is 26.9 Å². The van der Waals surface area contributed by atoms with E-state index in [-0.39, 0.29) is 18.2 Å². The summed E-state index contributed by atoms with van der Waals surface area (Å²) in [5, 5.41) is 1.62. The molecule has 0 aromatic heterocycles. The molecule has 1 fully saturated rings. The van der Waals surface area contributed by atoms with Crippen LogP contribution in [-0.2, 0) is 14.2 Å². The molecule has 4 bridgehead atoms. The van der Waals surface area contributed by atoms with Crippen LogP contribution in [0, 0.1) is 0 Å². The summed E-state index contributed by atoms with van der Waals surface area (Å²) in [5.41, 5.74) is 0.808. The zero-order chi connectivity index (χ0) is 25.0. The number of rotatable bonds is 1. The molecule has 0 aliphatic carbocycles. The van der Waals surface area contributed by atoms with Crippen LogP contribution in [-0.4, -0.2) is 55.5 Å². The van der Waals surface area contributed by atoms with E-state index >= 15 is 0 Å². The van der Waals surface area contributed by atoms with Gasteiger partial charge in [0.25, 0.3) is 0 Å². The second-order valence-electron chi connectivity index (χ2n) is 10.0. The molecule has 2 aliphatic heterocycles. The van der Waals surface area contributed by atoms with Crippen molar-refractivity contribution in [2.45, 2.75) is 64.2 Å². The Labute approximate surface area is 207 Å². The topological polar surface area (TPSA) is 74.3 Å². The molecule has 2 heterocycles. The highest BCUT2D eigenvalue weighted by Crippen LogP contribution is 2.39. The predicted octanol–water partition coefficient (Wildman–Crippen LogP) is 5.81. The number of methoxy groups -OCH3 is 1. The number of esters is 1. The summed E-state index contributed by atoms with van der Waals surface area (Å²) in [6, 6.07) is 9.16. The van der Waals surface area contributed by atoms with Gasteiger partial charge in [-0.25, -0.2) is 9.59 Å². The highest BCUT2D eigenvalue weighted by Gasteiger charge is 2.36. The molecule has 0 saturated carbocycles. The van der Waals surface area contributed by atoms with Crippen LogP contribution in [0.3, 0.4) is 0 Å². The van der Waals surface area contributed by atoms with E-state index in [2.05, 4.69) is 12.2 Å². The van der Waals surface area contributed by atoms with Crippen LogP contribution in [0.25, 0.3) is 10.8 Å². The lowest BCUT2D eigenvalue weighted by atomic mass is 9.88. The van der Waals surface area contributed by atoms with E-state index in [0.717, 1.165) is 41.3 Å². The first-order chi connectivity index (χ1) is 16.8. The Morgan fingerprint density at radius 3 is 2.69 bits per heavy atom. The Balaban J connectivity index is 1.83. The molecule has 7 nitrogen and oxygen atoms in total. The molecule has 2 aromatic carbocycles. The lowest BCUT2D eigenvalue weighted by Gasteiger charge is -2.40. The maximum Gasteiger partial charge on any atom is 0.410 e. The zero-order valence-electron chi connectivity index (χ0n) is 21.0. The number of carbonyl (C=O) groups excluding carboxylic acids is 2. The molecule has 35 heavy (non-hydrogen) atoms. The summed E-state index contributed by atoms with van der Waals surface area (Å²) in [6.07, 6.45) is 6.99. The van der Waals surface area contributed by atoms with Crippen LogP contribution in [0.1, 0.15) is 68.4 Å². The lowest BCUT2D eigenvalue weighted by Crippen LogP contribution is -2.45. The maximum absolute atomic E-state index is 13.3. The molecule has 0 spiro atoms. The Hall–Kier alpha value is -3.06. The van der Waals surface area contributed by atoms with Crippen molar-refractivity contribution in [3.05, 3.63) is 53.6 Å². The third-order valence-corrected chi connectivity index (χ3v) is 6.35. The highest BCUT2D eigenvalue weighted by atomic mass is 16.6. The highest BCUT2D eigenvalue weighted by molar-refractivity contribution is 6.06. The number of fused-ring (bicyclic) bond motifs is 4. The number of allylic oxidation sites excluding steroid dienone is 1. The number of benzene rings is 2. The van der Waals surface area contributed by atoms with Crippen molar-refractivity contribution < 1.29 is 28.5 Å². The van der Waals surface area contributed by atoms with Gasteiger partial charge in [0, 0.05) is 6.54 Å². The first-order valence-corrected chi connectivity index (χ1v) is 12.3. The van der Waals surface area contributed by atoms with Gasteiger partial charge in [-0.1, -0.05) is 18.2 Å². The van der Waals surface area contributed by atoms with Gasteiger partial charge in [-0.3, -0.25) is 0 Å². The van der Waals surface area contributed by atoms with Crippen molar-refractivity contribution >= 4 is 22.8 Å². The van der Waals surface area contributed by atoms with Gasteiger partial charge >= 0.3 is 12.1 Å². The largest absolute Gasteiger partial charge is 0.494 e. The van der Waals surface area contributed by atoms with E-state index < -0.39 is 11.6 Å². The fourth-order valence-electron chi connectivity index (χ4n) is 4.71. The SMILES string of the molecule is COC(=O)c1ccc2c3cc(ccc13)OCCC/C=C/CO[C@H]1CCN(C(=O)OC(C)(C)C)[C@H]2C1. The normalized spacial score (nSPS) is 22.0. The molecule has 0 radical (unpaired) electrons. The van der Waals surface area contributed by atoms with Crippen molar-refractivity contribution in [1.82, 2.24) is 4.90 Å². The molecule has 188 valence electrons. The third kappa shape index (κ3) is 5.96. The van der Waals surface area contributed by atoms with E-state index in [4.69, 9.17) is 18.9 Å². The smallest absolute Gasteiger partial charge is 0.410 e. The lowest BCUT2D eigenvalue weighted by molar-refractivity contribution is -0.0251. The Kier molecular flexibility index (Phi) is 7.65. The van der Waals surface area contributed by atoms with Crippen molar-refractivity contribution in [3.63, 3.8) is 0 Å². The van der Waals surface area contributed by atoms with Crippen LogP contribution >= 0.6 is 0 Å². The maximum atomic E-state index is 13.3. The van der Waals surface area contributed by atoms with E-state index in [9.17, 15) is 9.59 Å². The molecule has 1 saturated heterocycles. The number of piperidine rings is 1. The summed E-state index contributed by atoms with van der Waals surface area (Å²) in [6.45, 7) is 7.24. The Morgan fingerprint density at radius 2 is 1.91 bits per heavy atom. The summed E-state index contributed by atoms with van der Waals surface area (Å²) in [7, 11) is 1.38. The van der Waals surface area contributed by atoms with Gasteiger partial charge in [-0.15, -0.1) is 0 Å². The number of nitrogens with zero attached hydrogens (tertiary/aromatic N) is 1. The first kappa shape index (κ1) is 25.0. The quantitative estimate of drug-likeness (QED) is 0.378. The molecule has 7 heteroatoms. The molecule has 4 rings (SSSR count). The van der Waals surface area contributed by atoms with E-state index in [1.807, 2.05) is 45.0 Å². The monoisotopic (exact) mass is 481 g/mol. The number of ether oxygens (including phenoxy) is 4. The average molecular weight is 482 g/mol. The van der Waals surface area contributed by atoms with Crippen LogP contribution in [0.2, 0.25) is 0 Å². The number of carbonyl (C=O) groups is 2. The fourth-order valence-corrected chi connectivity index (χ4v) is 4.71. The van der Waals surface area contributed by atoms with Gasteiger partial charge in [0.2, 0.25) is 0 Å². The van der Waals surface area contributed by atoms with E-state index in [1.165, 1.54) is 7.11 Å². The Bertz CT molecular complexity index is 1100. The van der Waals surface area contributed by atoms with Gasteiger partial charge in [-0.2, -0.15) is 0 Å². The van der Waals surface area contributed by atoms with E-state index in [0.29, 0.717) is 31.7 Å². The standard InChI is InChI=1S/C28H35NO6/c1-28(2,3)35-27(31)29-14-13-20-18-25(29)22-11-12-23(26(30)32-4)21-10-9-19(17-24(21)22)33-15-7-5-6-8-16-34-20/h6,8-12,17,20,25H,5,7,13-16,18H2,1-4H3/b8-6+/t20-,25-/m0/s1. The van der Waals surface area contributed by atoms with Crippen LogP contribution < -0.4 is 4.74 Å². The van der Waals surface area contributed by atoms with Gasteiger partial charge in [0.05, 0.1) is 38.0 Å². The van der Waals surface area contributed by atoms with Gasteiger partial charge in [-0.05, 0) is 87.1 Å². The molecule has 0 N–H and O–H groups in total. The first-order valence-electron chi connectivity index (χ1n) is 12.3. The predicted molar refractivity (Wildman–Crippen MR) is 134 cm³/mol. The van der Waals surface area contributed by atoms with Gasteiger partial charge in [0.15, 0.2) is 0 Å². The minimum Gasteiger partial charge on any atom is -0.494 e. The second kappa shape index (κ2) is 10.7.